The second-order valence-electron chi connectivity index (χ2n) is 7.32. The smallest absolute Gasteiger partial charge is 0.114 e. The average Bonchev–Trinajstić information content (AvgIpc) is 2.98. The van der Waals surface area contributed by atoms with Crippen LogP contribution in [0.1, 0.15) is 77.6 Å². The highest BCUT2D eigenvalue weighted by Crippen LogP contribution is 2.19. The van der Waals surface area contributed by atoms with E-state index in [0.717, 1.165) is 19.3 Å². The zero-order valence-electron chi connectivity index (χ0n) is 16.5. The van der Waals surface area contributed by atoms with Gasteiger partial charge in [-0.2, -0.15) is 0 Å². The van der Waals surface area contributed by atoms with Crippen LogP contribution in [-0.2, 0) is 9.47 Å². The van der Waals surface area contributed by atoms with Crippen molar-refractivity contribution >= 4 is 0 Å². The normalized spacial score (nSPS) is 24.5. The Morgan fingerprint density at radius 2 is 1.58 bits per heavy atom. The molecule has 5 nitrogen and oxygen atoms in total. The van der Waals surface area contributed by atoms with Crippen LogP contribution in [0.4, 0.5) is 0 Å². The number of hydrogen-bond donors (Lipinski definition) is 3. The molecule has 4 atom stereocenters. The minimum atomic E-state index is -0.985. The lowest BCUT2D eigenvalue weighted by atomic mass is 10.1. The molecule has 0 aromatic rings. The van der Waals surface area contributed by atoms with Gasteiger partial charge in [-0.05, 0) is 32.1 Å². The Kier molecular flexibility index (Phi) is 14.1. The second-order valence-corrected chi connectivity index (χ2v) is 7.32. The molecule has 1 heterocycles. The van der Waals surface area contributed by atoms with E-state index in [4.69, 9.17) is 9.47 Å². The van der Waals surface area contributed by atoms with Crippen LogP contribution in [0.3, 0.4) is 0 Å². The third-order valence-electron chi connectivity index (χ3n) is 4.97. The van der Waals surface area contributed by atoms with E-state index < -0.39 is 24.4 Å². The van der Waals surface area contributed by atoms with Gasteiger partial charge in [-0.3, -0.25) is 0 Å². The Morgan fingerprint density at radius 3 is 2.15 bits per heavy atom. The Hall–Kier alpha value is -0.460. The van der Waals surface area contributed by atoms with Crippen molar-refractivity contribution in [2.24, 2.45) is 0 Å². The SMILES string of the molecule is CCCCCCCCC/C=C/CCCCO[C@H](CO)[C@H]1OC[C@H](O)[C@H]1O. The van der Waals surface area contributed by atoms with Crippen molar-refractivity contribution in [3.05, 3.63) is 12.2 Å². The molecule has 1 saturated heterocycles. The van der Waals surface area contributed by atoms with Gasteiger partial charge < -0.3 is 24.8 Å². The molecule has 0 spiro atoms. The largest absolute Gasteiger partial charge is 0.394 e. The minimum Gasteiger partial charge on any atom is -0.394 e. The molecule has 0 unspecified atom stereocenters. The molecular formula is C21H40O5. The number of unbranched alkanes of at least 4 members (excludes halogenated alkanes) is 9. The molecule has 1 aliphatic heterocycles. The van der Waals surface area contributed by atoms with Gasteiger partial charge in [0, 0.05) is 6.61 Å². The van der Waals surface area contributed by atoms with E-state index in [1.165, 1.54) is 51.4 Å². The van der Waals surface area contributed by atoms with Crippen molar-refractivity contribution in [2.45, 2.75) is 102 Å². The Bertz CT molecular complexity index is 347. The highest BCUT2D eigenvalue weighted by atomic mass is 16.6. The van der Waals surface area contributed by atoms with E-state index >= 15 is 0 Å². The van der Waals surface area contributed by atoms with Crippen molar-refractivity contribution in [3.63, 3.8) is 0 Å². The molecule has 1 fully saturated rings. The summed E-state index contributed by atoms with van der Waals surface area (Å²) in [6.07, 6.45) is 15.1. The third kappa shape index (κ3) is 10.0. The van der Waals surface area contributed by atoms with Crippen LogP contribution in [-0.4, -0.2) is 59.6 Å². The van der Waals surface area contributed by atoms with E-state index in [1.807, 2.05) is 0 Å². The molecule has 0 aromatic heterocycles. The van der Waals surface area contributed by atoms with Crippen LogP contribution in [0, 0.1) is 0 Å². The maximum atomic E-state index is 9.80. The standard InChI is InChI=1S/C21H40O5/c1-2-3-4-5-6-7-8-9-10-11-12-13-14-15-25-19(16-22)21-20(24)18(23)17-26-21/h10-11,18-24H,2-9,12-17H2,1H3/b11-10+/t18-,19+,20+,21+/m0/s1. The second kappa shape index (κ2) is 15.6. The summed E-state index contributed by atoms with van der Waals surface area (Å²) in [5.41, 5.74) is 0. The summed E-state index contributed by atoms with van der Waals surface area (Å²) in [6.45, 7) is 2.66. The van der Waals surface area contributed by atoms with Gasteiger partial charge >= 0.3 is 0 Å². The molecule has 0 radical (unpaired) electrons. The Labute approximate surface area is 159 Å². The van der Waals surface area contributed by atoms with Crippen LogP contribution in [0.2, 0.25) is 0 Å². The first-order valence-electron chi connectivity index (χ1n) is 10.6. The molecule has 5 heteroatoms. The predicted octanol–water partition coefficient (Wildman–Crippen LogP) is 3.35. The lowest BCUT2D eigenvalue weighted by molar-refractivity contribution is -0.101. The van der Waals surface area contributed by atoms with E-state index in [2.05, 4.69) is 19.1 Å². The summed E-state index contributed by atoms with van der Waals surface area (Å²) in [4.78, 5) is 0. The van der Waals surface area contributed by atoms with Crippen LogP contribution >= 0.6 is 0 Å². The molecule has 26 heavy (non-hydrogen) atoms. The van der Waals surface area contributed by atoms with Crippen LogP contribution in [0.15, 0.2) is 12.2 Å². The number of rotatable bonds is 16. The number of hydrogen-bond acceptors (Lipinski definition) is 5. The van der Waals surface area contributed by atoms with Gasteiger partial charge in [-0.1, -0.05) is 57.6 Å². The summed E-state index contributed by atoms with van der Waals surface area (Å²) >= 11 is 0. The van der Waals surface area contributed by atoms with Crippen LogP contribution in [0.25, 0.3) is 0 Å². The van der Waals surface area contributed by atoms with Crippen molar-refractivity contribution in [1.29, 1.82) is 0 Å². The van der Waals surface area contributed by atoms with Gasteiger partial charge in [-0.25, -0.2) is 0 Å². The van der Waals surface area contributed by atoms with E-state index in [9.17, 15) is 15.3 Å². The summed E-state index contributed by atoms with van der Waals surface area (Å²) in [5.74, 6) is 0. The zero-order valence-corrected chi connectivity index (χ0v) is 16.5. The number of ether oxygens (including phenoxy) is 2. The highest BCUT2D eigenvalue weighted by Gasteiger charge is 2.40. The predicted molar refractivity (Wildman–Crippen MR) is 104 cm³/mol. The molecular weight excluding hydrogens is 332 g/mol. The molecule has 0 bridgehead atoms. The summed E-state index contributed by atoms with van der Waals surface area (Å²) in [7, 11) is 0. The van der Waals surface area contributed by atoms with Gasteiger partial charge in [-0.15, -0.1) is 0 Å². The molecule has 0 amide bonds. The molecule has 3 N–H and O–H groups in total. The third-order valence-corrected chi connectivity index (χ3v) is 4.97. The first-order chi connectivity index (χ1) is 12.7. The van der Waals surface area contributed by atoms with Gasteiger partial charge in [0.1, 0.15) is 24.4 Å². The molecule has 154 valence electrons. The number of aliphatic hydroxyl groups excluding tert-OH is 3. The summed E-state index contributed by atoms with van der Waals surface area (Å²) in [5, 5.41) is 28.7. The molecule has 1 rings (SSSR count). The fourth-order valence-electron chi connectivity index (χ4n) is 3.26. The van der Waals surface area contributed by atoms with Crippen molar-refractivity contribution < 1.29 is 24.8 Å². The first kappa shape index (κ1) is 23.6. The van der Waals surface area contributed by atoms with Gasteiger partial charge in [0.25, 0.3) is 0 Å². The van der Waals surface area contributed by atoms with E-state index in [1.54, 1.807) is 0 Å². The Morgan fingerprint density at radius 1 is 0.962 bits per heavy atom. The lowest BCUT2D eigenvalue weighted by Gasteiger charge is -2.24. The van der Waals surface area contributed by atoms with Crippen molar-refractivity contribution in [2.75, 3.05) is 19.8 Å². The quantitative estimate of drug-likeness (QED) is 0.286. The molecule has 0 aromatic carbocycles. The van der Waals surface area contributed by atoms with Crippen LogP contribution < -0.4 is 0 Å². The fourth-order valence-corrected chi connectivity index (χ4v) is 3.26. The minimum absolute atomic E-state index is 0.0925. The average molecular weight is 373 g/mol. The lowest BCUT2D eigenvalue weighted by Crippen LogP contribution is -2.42. The van der Waals surface area contributed by atoms with Gasteiger partial charge in [0.15, 0.2) is 0 Å². The van der Waals surface area contributed by atoms with E-state index in [-0.39, 0.29) is 13.2 Å². The molecule has 1 aliphatic rings. The monoisotopic (exact) mass is 372 g/mol. The highest BCUT2D eigenvalue weighted by molar-refractivity contribution is 4.88. The molecule has 0 aliphatic carbocycles. The maximum absolute atomic E-state index is 9.80. The van der Waals surface area contributed by atoms with Crippen molar-refractivity contribution in [1.82, 2.24) is 0 Å². The topological polar surface area (TPSA) is 79.2 Å². The van der Waals surface area contributed by atoms with Crippen molar-refractivity contribution in [3.8, 4) is 0 Å². The summed E-state index contributed by atoms with van der Waals surface area (Å²) in [6, 6.07) is 0. The number of allylic oxidation sites excluding steroid dienone is 2. The van der Waals surface area contributed by atoms with Crippen LogP contribution in [0.5, 0.6) is 0 Å². The maximum Gasteiger partial charge on any atom is 0.114 e. The fraction of sp³-hybridized carbons (Fsp3) is 0.905. The van der Waals surface area contributed by atoms with Gasteiger partial charge in [0.2, 0.25) is 0 Å². The van der Waals surface area contributed by atoms with Gasteiger partial charge in [0.05, 0.1) is 13.2 Å². The zero-order chi connectivity index (χ0) is 19.0. The summed E-state index contributed by atoms with van der Waals surface area (Å²) < 4.78 is 10.9. The molecule has 0 saturated carbocycles. The first-order valence-corrected chi connectivity index (χ1v) is 10.6. The van der Waals surface area contributed by atoms with E-state index in [0.29, 0.717) is 6.61 Å². The Balaban J connectivity index is 1.93. The number of aliphatic hydroxyl groups is 3.